The van der Waals surface area contributed by atoms with Crippen molar-refractivity contribution in [2.45, 2.75) is 33.2 Å². The van der Waals surface area contributed by atoms with Crippen LogP contribution in [0.25, 0.3) is 0 Å². The van der Waals surface area contributed by atoms with Crippen LogP contribution in [0.5, 0.6) is 0 Å². The van der Waals surface area contributed by atoms with Crippen LogP contribution in [0, 0.1) is 5.41 Å². The van der Waals surface area contributed by atoms with Gasteiger partial charge in [0.05, 0.1) is 6.42 Å². The number of carboxylic acids is 1. The van der Waals surface area contributed by atoms with Gasteiger partial charge in [-0.15, -0.1) is 0 Å². The minimum absolute atomic E-state index is 0.0235. The Kier molecular flexibility index (Phi) is 4.11. The number of rotatable bonds is 3. The van der Waals surface area contributed by atoms with Gasteiger partial charge in [0.2, 0.25) is 0 Å². The summed E-state index contributed by atoms with van der Waals surface area (Å²) in [6, 6.07) is 0.136. The van der Waals surface area contributed by atoms with Crippen molar-refractivity contribution in [3.8, 4) is 0 Å². The smallest absolute Gasteiger partial charge is 0.304 e. The highest BCUT2D eigenvalue weighted by Crippen LogP contribution is 2.27. The third-order valence-corrected chi connectivity index (χ3v) is 2.96. The Morgan fingerprint density at radius 1 is 1.40 bits per heavy atom. The summed E-state index contributed by atoms with van der Waals surface area (Å²) < 4.78 is 0. The van der Waals surface area contributed by atoms with Gasteiger partial charge >= 0.3 is 5.97 Å². The first-order valence-corrected chi connectivity index (χ1v) is 5.58. The fourth-order valence-electron chi connectivity index (χ4n) is 2.14. The van der Waals surface area contributed by atoms with Crippen LogP contribution in [-0.2, 0) is 4.79 Å². The van der Waals surface area contributed by atoms with E-state index in [2.05, 4.69) is 31.0 Å². The van der Waals surface area contributed by atoms with Crippen LogP contribution in [-0.4, -0.2) is 48.2 Å². The Hall–Kier alpha value is -0.610. The van der Waals surface area contributed by atoms with Crippen LogP contribution in [0.15, 0.2) is 0 Å². The van der Waals surface area contributed by atoms with Crippen LogP contribution in [0.1, 0.15) is 27.2 Å². The van der Waals surface area contributed by atoms with E-state index in [1.807, 2.05) is 0 Å². The first-order chi connectivity index (χ1) is 6.91. The molecule has 1 fully saturated rings. The lowest BCUT2D eigenvalue weighted by atomic mass is 9.83. The summed E-state index contributed by atoms with van der Waals surface area (Å²) in [5, 5.41) is 12.2. The molecule has 0 saturated carbocycles. The molecule has 0 spiro atoms. The predicted molar refractivity (Wildman–Crippen MR) is 59.9 cm³/mol. The zero-order valence-corrected chi connectivity index (χ0v) is 9.92. The topological polar surface area (TPSA) is 52.6 Å². The first kappa shape index (κ1) is 12.5. The summed E-state index contributed by atoms with van der Waals surface area (Å²) >= 11 is 0. The van der Waals surface area contributed by atoms with E-state index in [1.165, 1.54) is 0 Å². The van der Waals surface area contributed by atoms with Crippen LogP contribution in [0.4, 0.5) is 0 Å². The van der Waals surface area contributed by atoms with E-state index in [-0.39, 0.29) is 17.9 Å². The summed E-state index contributed by atoms with van der Waals surface area (Å²) in [7, 11) is 0. The van der Waals surface area contributed by atoms with Crippen molar-refractivity contribution >= 4 is 5.97 Å². The summed E-state index contributed by atoms with van der Waals surface area (Å²) in [6.07, 6.45) is 0.240. The Morgan fingerprint density at radius 2 is 1.93 bits per heavy atom. The van der Waals surface area contributed by atoms with E-state index in [9.17, 15) is 4.79 Å². The fraction of sp³-hybridized carbons (Fsp3) is 0.909. The average Bonchev–Trinajstić information content (AvgIpc) is 2.14. The van der Waals surface area contributed by atoms with Gasteiger partial charge in [0, 0.05) is 32.2 Å². The molecule has 4 nitrogen and oxygen atoms in total. The fourth-order valence-corrected chi connectivity index (χ4v) is 2.14. The van der Waals surface area contributed by atoms with Crippen molar-refractivity contribution in [1.82, 2.24) is 10.2 Å². The number of aliphatic carboxylic acids is 1. The van der Waals surface area contributed by atoms with Crippen molar-refractivity contribution in [2.24, 2.45) is 5.41 Å². The lowest BCUT2D eigenvalue weighted by Crippen LogP contribution is -2.53. The van der Waals surface area contributed by atoms with Gasteiger partial charge in [-0.3, -0.25) is 9.69 Å². The number of carbonyl (C=O) groups is 1. The molecule has 0 aromatic carbocycles. The highest BCUT2D eigenvalue weighted by molar-refractivity contribution is 5.67. The minimum Gasteiger partial charge on any atom is -0.481 e. The SMILES string of the molecule is CC(C)(C)C(CC(=O)O)N1CCNCC1. The van der Waals surface area contributed by atoms with Crippen molar-refractivity contribution in [2.75, 3.05) is 26.2 Å². The van der Waals surface area contributed by atoms with Gasteiger partial charge < -0.3 is 10.4 Å². The largest absolute Gasteiger partial charge is 0.481 e. The van der Waals surface area contributed by atoms with Gasteiger partial charge in [0.25, 0.3) is 0 Å². The van der Waals surface area contributed by atoms with E-state index in [4.69, 9.17) is 5.11 Å². The molecule has 1 unspecified atom stereocenters. The van der Waals surface area contributed by atoms with E-state index in [0.717, 1.165) is 26.2 Å². The van der Waals surface area contributed by atoms with Gasteiger partial charge in [-0.25, -0.2) is 0 Å². The minimum atomic E-state index is -0.701. The molecule has 2 N–H and O–H groups in total. The third-order valence-electron chi connectivity index (χ3n) is 2.96. The van der Waals surface area contributed by atoms with E-state index < -0.39 is 5.97 Å². The third kappa shape index (κ3) is 3.80. The van der Waals surface area contributed by atoms with Crippen LogP contribution in [0.3, 0.4) is 0 Å². The molecule has 1 atom stereocenters. The highest BCUT2D eigenvalue weighted by Gasteiger charge is 2.32. The average molecular weight is 214 g/mol. The van der Waals surface area contributed by atoms with E-state index >= 15 is 0 Å². The van der Waals surface area contributed by atoms with Crippen LogP contribution < -0.4 is 5.32 Å². The van der Waals surface area contributed by atoms with Gasteiger partial charge in [-0.05, 0) is 5.41 Å². The Morgan fingerprint density at radius 3 is 2.33 bits per heavy atom. The van der Waals surface area contributed by atoms with Crippen molar-refractivity contribution in [1.29, 1.82) is 0 Å². The second kappa shape index (κ2) is 4.94. The summed E-state index contributed by atoms with van der Waals surface area (Å²) in [5.41, 5.74) is 0.0235. The molecule has 0 radical (unpaired) electrons. The van der Waals surface area contributed by atoms with Crippen LogP contribution >= 0.6 is 0 Å². The molecule has 1 aliphatic rings. The highest BCUT2D eigenvalue weighted by atomic mass is 16.4. The monoisotopic (exact) mass is 214 g/mol. The zero-order chi connectivity index (χ0) is 11.5. The van der Waals surface area contributed by atoms with Crippen molar-refractivity contribution < 1.29 is 9.90 Å². The quantitative estimate of drug-likeness (QED) is 0.729. The molecule has 0 aromatic rings. The molecule has 0 aliphatic carbocycles. The number of nitrogens with one attached hydrogen (secondary N) is 1. The second-order valence-corrected chi connectivity index (χ2v) is 5.27. The predicted octanol–water partition coefficient (Wildman–Crippen LogP) is 0.781. The maximum absolute atomic E-state index is 10.9. The molecule has 0 bridgehead atoms. The number of carboxylic acid groups (broad SMARTS) is 1. The zero-order valence-electron chi connectivity index (χ0n) is 9.92. The standard InChI is InChI=1S/C11H22N2O2/c1-11(2,3)9(8-10(14)15)13-6-4-12-5-7-13/h9,12H,4-8H2,1-3H3,(H,14,15). The number of piperazine rings is 1. The van der Waals surface area contributed by atoms with Crippen molar-refractivity contribution in [3.63, 3.8) is 0 Å². The maximum Gasteiger partial charge on any atom is 0.304 e. The Balaban J connectivity index is 2.66. The molecular formula is C11H22N2O2. The molecule has 1 heterocycles. The summed E-state index contributed by atoms with van der Waals surface area (Å²) in [5.74, 6) is -0.701. The molecule has 0 aromatic heterocycles. The van der Waals surface area contributed by atoms with Crippen LogP contribution in [0.2, 0.25) is 0 Å². The molecule has 1 rings (SSSR count). The van der Waals surface area contributed by atoms with E-state index in [1.54, 1.807) is 0 Å². The number of nitrogens with zero attached hydrogens (tertiary/aromatic N) is 1. The summed E-state index contributed by atoms with van der Waals surface area (Å²) in [6.45, 7) is 10.2. The molecule has 1 aliphatic heterocycles. The number of hydrogen-bond acceptors (Lipinski definition) is 3. The molecule has 88 valence electrons. The van der Waals surface area contributed by atoms with Gasteiger partial charge in [-0.2, -0.15) is 0 Å². The molecule has 0 amide bonds. The van der Waals surface area contributed by atoms with Gasteiger partial charge in [0.15, 0.2) is 0 Å². The molecular weight excluding hydrogens is 192 g/mol. The lowest BCUT2D eigenvalue weighted by molar-refractivity contribution is -0.139. The summed E-state index contributed by atoms with van der Waals surface area (Å²) in [4.78, 5) is 13.2. The lowest BCUT2D eigenvalue weighted by Gasteiger charge is -2.41. The Labute approximate surface area is 91.6 Å². The first-order valence-electron chi connectivity index (χ1n) is 5.58. The normalized spacial score (nSPS) is 21.3. The Bertz CT molecular complexity index is 217. The molecule has 4 heteroatoms. The molecule has 1 saturated heterocycles. The molecule has 15 heavy (non-hydrogen) atoms. The van der Waals surface area contributed by atoms with Gasteiger partial charge in [0.1, 0.15) is 0 Å². The van der Waals surface area contributed by atoms with E-state index in [0.29, 0.717) is 0 Å². The van der Waals surface area contributed by atoms with Crippen molar-refractivity contribution in [3.05, 3.63) is 0 Å². The second-order valence-electron chi connectivity index (χ2n) is 5.27. The van der Waals surface area contributed by atoms with Gasteiger partial charge in [-0.1, -0.05) is 20.8 Å². The number of hydrogen-bond donors (Lipinski definition) is 2. The maximum atomic E-state index is 10.9.